The summed E-state index contributed by atoms with van der Waals surface area (Å²) in [5, 5.41) is 12.0. The normalized spacial score (nSPS) is 27.5. The zero-order valence-electron chi connectivity index (χ0n) is 25.2. The Kier molecular flexibility index (Phi) is 9.72. The van der Waals surface area contributed by atoms with Gasteiger partial charge in [-0.2, -0.15) is 0 Å². The average Bonchev–Trinajstić information content (AvgIpc) is 2.78. The number of benzene rings is 1. The molecule has 0 radical (unpaired) electrons. The minimum atomic E-state index is -2.43. The van der Waals surface area contributed by atoms with Gasteiger partial charge in [0.05, 0.1) is 19.3 Å². The molecular weight excluding hydrogens is 504 g/mol. The van der Waals surface area contributed by atoms with Crippen molar-refractivity contribution in [2.45, 2.75) is 121 Å². The average molecular weight is 555 g/mol. The van der Waals surface area contributed by atoms with E-state index < -0.39 is 58.7 Å². The molecule has 0 bridgehead atoms. The summed E-state index contributed by atoms with van der Waals surface area (Å²) in [6.45, 7) is 23.6. The summed E-state index contributed by atoms with van der Waals surface area (Å²) < 4.78 is 31.7. The Hall–Kier alpha value is -1.08. The molecular formula is C28H50O7Si2. The Morgan fingerprint density at radius 2 is 1.30 bits per heavy atom. The smallest absolute Gasteiger partial charge is 0.345 e. The molecule has 9 heteroatoms. The molecule has 1 aromatic carbocycles. The van der Waals surface area contributed by atoms with Crippen molar-refractivity contribution in [1.82, 2.24) is 0 Å². The summed E-state index contributed by atoms with van der Waals surface area (Å²) in [6, 6.07) is 8.78. The summed E-state index contributed by atoms with van der Waals surface area (Å²) in [6.07, 6.45) is -3.40. The van der Waals surface area contributed by atoms with Gasteiger partial charge in [-0.15, -0.1) is 0 Å². The van der Waals surface area contributed by atoms with Gasteiger partial charge in [0, 0.05) is 7.11 Å². The van der Waals surface area contributed by atoms with Crippen molar-refractivity contribution in [3.63, 3.8) is 0 Å². The van der Waals surface area contributed by atoms with Crippen molar-refractivity contribution in [1.29, 1.82) is 0 Å². The Bertz CT molecular complexity index is 907. The number of carbonyl (C=O) groups is 1. The van der Waals surface area contributed by atoms with Gasteiger partial charge in [0.2, 0.25) is 5.60 Å². The number of aliphatic hydroxyl groups is 1. The molecule has 2 rings (SSSR count). The maximum Gasteiger partial charge on any atom is 0.345 e. The molecule has 1 saturated heterocycles. The Morgan fingerprint density at radius 3 is 1.70 bits per heavy atom. The largest absolute Gasteiger partial charge is 0.467 e. The number of methoxy groups -OCH3 is 2. The van der Waals surface area contributed by atoms with Gasteiger partial charge in [0.15, 0.2) is 16.6 Å². The second kappa shape index (κ2) is 11.2. The fourth-order valence-corrected chi connectivity index (χ4v) is 6.84. The third-order valence-corrected chi connectivity index (χ3v) is 17.6. The van der Waals surface area contributed by atoms with Crippen molar-refractivity contribution in [2.24, 2.45) is 0 Å². The van der Waals surface area contributed by atoms with Gasteiger partial charge in [-0.1, -0.05) is 71.9 Å². The van der Waals surface area contributed by atoms with Crippen LogP contribution in [0, 0.1) is 0 Å². The van der Waals surface area contributed by atoms with E-state index in [9.17, 15) is 9.90 Å². The van der Waals surface area contributed by atoms with Crippen LogP contribution in [0.4, 0.5) is 0 Å². The maximum absolute atomic E-state index is 13.3. The standard InChI is InChI=1S/C28H50O7Si2/c1-19-21(34-36(10,11)26(2,3)4)22(31-8)23(35-37(12,13)27(5,6)7)24(33-19)28(30,25(29)32-9)20-17-15-14-16-18-20/h14-19,21-24,30H,1-13H3/t19-,21-,22-,23+,24+,28+/m1/s1. The third-order valence-electron chi connectivity index (χ3n) is 8.64. The van der Waals surface area contributed by atoms with Crippen LogP contribution in [0.15, 0.2) is 30.3 Å². The van der Waals surface area contributed by atoms with Crippen LogP contribution in [-0.4, -0.2) is 72.5 Å². The molecule has 0 aromatic heterocycles. The second-order valence-electron chi connectivity index (χ2n) is 13.3. The van der Waals surface area contributed by atoms with Crippen LogP contribution in [-0.2, 0) is 33.5 Å². The van der Waals surface area contributed by atoms with Crippen LogP contribution in [0.2, 0.25) is 36.3 Å². The van der Waals surface area contributed by atoms with Gasteiger partial charge in [-0.25, -0.2) is 4.79 Å². The lowest BCUT2D eigenvalue weighted by Crippen LogP contribution is -2.69. The van der Waals surface area contributed by atoms with E-state index in [4.69, 9.17) is 23.1 Å². The Morgan fingerprint density at radius 1 is 0.838 bits per heavy atom. The van der Waals surface area contributed by atoms with Gasteiger partial charge in [0.1, 0.15) is 18.3 Å². The lowest BCUT2D eigenvalue weighted by molar-refractivity contribution is -0.263. The predicted molar refractivity (Wildman–Crippen MR) is 152 cm³/mol. The van der Waals surface area contributed by atoms with Crippen LogP contribution in [0.1, 0.15) is 54.0 Å². The van der Waals surface area contributed by atoms with Crippen molar-refractivity contribution in [2.75, 3.05) is 14.2 Å². The zero-order valence-corrected chi connectivity index (χ0v) is 27.2. The first-order valence-corrected chi connectivity index (χ1v) is 19.0. The third kappa shape index (κ3) is 6.40. The van der Waals surface area contributed by atoms with E-state index in [2.05, 4.69) is 67.7 Å². The molecule has 6 atom stereocenters. The van der Waals surface area contributed by atoms with Crippen LogP contribution < -0.4 is 0 Å². The highest BCUT2D eigenvalue weighted by atomic mass is 28.4. The van der Waals surface area contributed by atoms with E-state index in [0.29, 0.717) is 5.56 Å². The molecule has 0 spiro atoms. The molecule has 0 aliphatic carbocycles. The van der Waals surface area contributed by atoms with E-state index in [1.54, 1.807) is 31.4 Å². The molecule has 1 heterocycles. The lowest BCUT2D eigenvalue weighted by Gasteiger charge is -2.54. The molecule has 1 aromatic rings. The van der Waals surface area contributed by atoms with E-state index in [-0.39, 0.29) is 10.1 Å². The fraction of sp³-hybridized carbons (Fsp3) is 0.750. The monoisotopic (exact) mass is 554 g/mol. The molecule has 212 valence electrons. The van der Waals surface area contributed by atoms with Crippen molar-refractivity contribution in [3.05, 3.63) is 35.9 Å². The highest BCUT2D eigenvalue weighted by Gasteiger charge is 2.61. The van der Waals surface area contributed by atoms with Crippen LogP contribution in [0.25, 0.3) is 0 Å². The first-order chi connectivity index (χ1) is 16.7. The van der Waals surface area contributed by atoms with Gasteiger partial charge in [0.25, 0.3) is 0 Å². The van der Waals surface area contributed by atoms with E-state index >= 15 is 0 Å². The Labute approximate surface area is 226 Å². The van der Waals surface area contributed by atoms with E-state index in [0.717, 1.165) is 0 Å². The predicted octanol–water partition coefficient (Wildman–Crippen LogP) is 5.63. The number of carbonyl (C=O) groups excluding carboxylic acids is 1. The second-order valence-corrected chi connectivity index (χ2v) is 22.8. The van der Waals surface area contributed by atoms with Gasteiger partial charge in [-0.05, 0) is 48.8 Å². The van der Waals surface area contributed by atoms with Crippen LogP contribution in [0.5, 0.6) is 0 Å². The van der Waals surface area contributed by atoms with E-state index in [1.807, 2.05) is 13.0 Å². The van der Waals surface area contributed by atoms with Crippen molar-refractivity contribution >= 4 is 22.6 Å². The molecule has 1 aliphatic rings. The summed E-state index contributed by atoms with van der Waals surface area (Å²) >= 11 is 0. The van der Waals surface area contributed by atoms with Crippen LogP contribution >= 0.6 is 0 Å². The minimum absolute atomic E-state index is 0.0333. The van der Waals surface area contributed by atoms with Crippen molar-refractivity contribution < 1.29 is 33.0 Å². The molecule has 1 N–H and O–H groups in total. The number of rotatable bonds is 8. The summed E-state index contributed by atoms with van der Waals surface area (Å²) in [7, 11) is -1.77. The summed E-state index contributed by atoms with van der Waals surface area (Å²) in [4.78, 5) is 13.3. The quantitative estimate of drug-likeness (QED) is 0.329. The number of ether oxygens (including phenoxy) is 3. The maximum atomic E-state index is 13.3. The number of hydrogen-bond acceptors (Lipinski definition) is 7. The fourth-order valence-electron chi connectivity index (χ4n) is 4.19. The molecule has 0 amide bonds. The molecule has 1 aliphatic heterocycles. The summed E-state index contributed by atoms with van der Waals surface area (Å²) in [5.74, 6) is -0.807. The first kappa shape index (κ1) is 32.1. The van der Waals surface area contributed by atoms with Gasteiger partial charge in [-0.3, -0.25) is 0 Å². The topological polar surface area (TPSA) is 83.5 Å². The van der Waals surface area contributed by atoms with Crippen molar-refractivity contribution in [3.8, 4) is 0 Å². The highest BCUT2D eigenvalue weighted by molar-refractivity contribution is 6.74. The first-order valence-electron chi connectivity index (χ1n) is 13.1. The lowest BCUT2D eigenvalue weighted by atomic mass is 9.80. The molecule has 7 nitrogen and oxygen atoms in total. The number of esters is 1. The minimum Gasteiger partial charge on any atom is -0.467 e. The van der Waals surface area contributed by atoms with E-state index in [1.165, 1.54) is 7.11 Å². The van der Waals surface area contributed by atoms with Crippen LogP contribution in [0.3, 0.4) is 0 Å². The molecule has 0 saturated carbocycles. The highest BCUT2D eigenvalue weighted by Crippen LogP contribution is 2.46. The number of hydrogen-bond donors (Lipinski definition) is 1. The molecule has 0 unspecified atom stereocenters. The van der Waals surface area contributed by atoms with Gasteiger partial charge < -0.3 is 28.2 Å². The Balaban J connectivity index is 2.72. The summed E-state index contributed by atoms with van der Waals surface area (Å²) in [5.41, 5.74) is -1.74. The molecule has 37 heavy (non-hydrogen) atoms. The zero-order chi connectivity index (χ0) is 28.6. The molecule has 1 fully saturated rings. The SMILES string of the molecule is COC(=O)[C@](O)(c1ccccc1)[C@H]1O[C@H](C)[C@@H](O[Si](C)(C)C(C)(C)C)[C@@H](OC)[C@@H]1O[Si](C)(C)C(C)(C)C. The van der Waals surface area contributed by atoms with Gasteiger partial charge >= 0.3 is 5.97 Å².